The maximum atomic E-state index is 10.9. The van der Waals surface area contributed by atoms with Crippen molar-refractivity contribution in [1.82, 2.24) is 0 Å². The van der Waals surface area contributed by atoms with Gasteiger partial charge in [0.2, 0.25) is 0 Å². The van der Waals surface area contributed by atoms with Gasteiger partial charge in [-0.25, -0.2) is 0 Å². The van der Waals surface area contributed by atoms with Crippen LogP contribution in [0.15, 0.2) is 18.2 Å². The molecule has 1 aliphatic rings. The molecule has 1 aromatic rings. The summed E-state index contributed by atoms with van der Waals surface area (Å²) in [5.74, 6) is 0.440. The first-order chi connectivity index (χ1) is 10.2. The van der Waals surface area contributed by atoms with E-state index < -0.39 is 5.97 Å². The van der Waals surface area contributed by atoms with Crippen LogP contribution in [0.5, 0.6) is 5.75 Å². The van der Waals surface area contributed by atoms with Crippen molar-refractivity contribution in [3.05, 3.63) is 29.3 Å². The van der Waals surface area contributed by atoms with Gasteiger partial charge in [0, 0.05) is 6.42 Å². The number of benzene rings is 1. The molecule has 0 aromatic heterocycles. The molecular formula is C17H25NO3. The SMILES string of the molecule is NCCCCOc1ccc2c(c1)CC(CC(=O)O)CCC2. The zero-order valence-electron chi connectivity index (χ0n) is 12.5. The molecule has 0 fully saturated rings. The summed E-state index contributed by atoms with van der Waals surface area (Å²) >= 11 is 0. The van der Waals surface area contributed by atoms with Crippen molar-refractivity contribution >= 4 is 5.97 Å². The number of hydrogen-bond donors (Lipinski definition) is 2. The Bertz CT molecular complexity index is 473. The molecular weight excluding hydrogens is 266 g/mol. The average molecular weight is 291 g/mol. The molecule has 4 heteroatoms. The fraction of sp³-hybridized carbons (Fsp3) is 0.588. The third kappa shape index (κ3) is 5.05. The predicted octanol–water partition coefficient (Wildman–Crippen LogP) is 2.77. The Morgan fingerprint density at radius 2 is 2.19 bits per heavy atom. The van der Waals surface area contributed by atoms with E-state index in [1.807, 2.05) is 6.07 Å². The van der Waals surface area contributed by atoms with Crippen LogP contribution >= 0.6 is 0 Å². The minimum atomic E-state index is -0.697. The van der Waals surface area contributed by atoms with Crippen molar-refractivity contribution in [3.63, 3.8) is 0 Å². The minimum Gasteiger partial charge on any atom is -0.494 e. The molecule has 0 saturated carbocycles. The molecule has 116 valence electrons. The molecule has 1 aromatic carbocycles. The molecule has 1 aliphatic carbocycles. The predicted molar refractivity (Wildman–Crippen MR) is 82.6 cm³/mol. The van der Waals surface area contributed by atoms with Gasteiger partial charge in [0.1, 0.15) is 5.75 Å². The number of carbonyl (C=O) groups is 1. The van der Waals surface area contributed by atoms with E-state index in [1.54, 1.807) is 0 Å². The summed E-state index contributed by atoms with van der Waals surface area (Å²) < 4.78 is 5.76. The van der Waals surface area contributed by atoms with Crippen LogP contribution in [0.2, 0.25) is 0 Å². The summed E-state index contributed by atoms with van der Waals surface area (Å²) in [4.78, 5) is 10.9. The van der Waals surface area contributed by atoms with Gasteiger partial charge in [0.15, 0.2) is 0 Å². The maximum absolute atomic E-state index is 10.9. The zero-order chi connectivity index (χ0) is 15.1. The van der Waals surface area contributed by atoms with E-state index >= 15 is 0 Å². The first-order valence-electron chi connectivity index (χ1n) is 7.85. The third-order valence-corrected chi connectivity index (χ3v) is 4.08. The normalized spacial score (nSPS) is 17.9. The molecule has 0 saturated heterocycles. The quantitative estimate of drug-likeness (QED) is 0.598. The second kappa shape index (κ2) is 8.03. The average Bonchev–Trinajstić information content (AvgIpc) is 2.64. The van der Waals surface area contributed by atoms with Gasteiger partial charge in [0.05, 0.1) is 6.61 Å². The van der Waals surface area contributed by atoms with Gasteiger partial charge in [-0.15, -0.1) is 0 Å². The molecule has 0 spiro atoms. The smallest absolute Gasteiger partial charge is 0.303 e. The lowest BCUT2D eigenvalue weighted by molar-refractivity contribution is -0.138. The summed E-state index contributed by atoms with van der Waals surface area (Å²) in [5.41, 5.74) is 8.07. The van der Waals surface area contributed by atoms with Crippen LogP contribution in [-0.4, -0.2) is 24.2 Å². The molecule has 0 aliphatic heterocycles. The molecule has 1 atom stereocenters. The van der Waals surface area contributed by atoms with Crippen LogP contribution in [0.1, 0.15) is 43.2 Å². The summed E-state index contributed by atoms with van der Waals surface area (Å²) in [6.45, 7) is 1.39. The van der Waals surface area contributed by atoms with Crippen molar-refractivity contribution < 1.29 is 14.6 Å². The standard InChI is InChI=1S/C17H25NO3/c18-8-1-2-9-21-16-7-6-14-5-3-4-13(11-17(19)20)10-15(14)12-16/h6-7,12-13H,1-5,8-11,18H2,(H,19,20). The van der Waals surface area contributed by atoms with Crippen LogP contribution in [0.3, 0.4) is 0 Å². The lowest BCUT2D eigenvalue weighted by Gasteiger charge is -2.13. The zero-order valence-corrected chi connectivity index (χ0v) is 12.5. The van der Waals surface area contributed by atoms with E-state index in [9.17, 15) is 4.79 Å². The van der Waals surface area contributed by atoms with Gasteiger partial charge >= 0.3 is 5.97 Å². The molecule has 21 heavy (non-hydrogen) atoms. The number of aliphatic carboxylic acids is 1. The summed E-state index contributed by atoms with van der Waals surface area (Å²) in [5, 5.41) is 8.99. The van der Waals surface area contributed by atoms with Crippen LogP contribution < -0.4 is 10.5 Å². The highest BCUT2D eigenvalue weighted by molar-refractivity contribution is 5.67. The molecule has 0 bridgehead atoms. The van der Waals surface area contributed by atoms with Crippen molar-refractivity contribution in [2.75, 3.05) is 13.2 Å². The molecule has 4 nitrogen and oxygen atoms in total. The topological polar surface area (TPSA) is 72.5 Å². The van der Waals surface area contributed by atoms with E-state index in [4.69, 9.17) is 15.6 Å². The Kier molecular flexibility index (Phi) is 6.05. The number of ether oxygens (including phenoxy) is 1. The van der Waals surface area contributed by atoms with Crippen LogP contribution in [0.4, 0.5) is 0 Å². The lowest BCUT2D eigenvalue weighted by Crippen LogP contribution is -2.10. The monoisotopic (exact) mass is 291 g/mol. The van der Waals surface area contributed by atoms with Gasteiger partial charge < -0.3 is 15.6 Å². The number of carboxylic acid groups (broad SMARTS) is 1. The van der Waals surface area contributed by atoms with Crippen molar-refractivity contribution in [3.8, 4) is 5.75 Å². The first kappa shape index (κ1) is 15.8. The van der Waals surface area contributed by atoms with Gasteiger partial charge in [-0.3, -0.25) is 4.79 Å². The van der Waals surface area contributed by atoms with Crippen LogP contribution in [-0.2, 0) is 17.6 Å². The number of nitrogens with two attached hydrogens (primary N) is 1. The largest absolute Gasteiger partial charge is 0.494 e. The Labute approximate surface area is 126 Å². The van der Waals surface area contributed by atoms with Crippen LogP contribution in [0.25, 0.3) is 0 Å². The summed E-state index contributed by atoms with van der Waals surface area (Å²) in [6, 6.07) is 6.26. The number of hydrogen-bond acceptors (Lipinski definition) is 3. The van der Waals surface area contributed by atoms with Gasteiger partial charge in [-0.05, 0) is 74.2 Å². The van der Waals surface area contributed by atoms with Gasteiger partial charge in [-0.2, -0.15) is 0 Å². The highest BCUT2D eigenvalue weighted by Crippen LogP contribution is 2.29. The molecule has 1 unspecified atom stereocenters. The van der Waals surface area contributed by atoms with E-state index in [1.165, 1.54) is 11.1 Å². The highest BCUT2D eigenvalue weighted by Gasteiger charge is 2.19. The first-order valence-corrected chi connectivity index (χ1v) is 7.85. The summed E-state index contributed by atoms with van der Waals surface area (Å²) in [6.07, 6.45) is 6.16. The Morgan fingerprint density at radius 1 is 1.33 bits per heavy atom. The number of carboxylic acids is 1. The molecule has 0 radical (unpaired) electrons. The van der Waals surface area contributed by atoms with E-state index in [2.05, 4.69) is 12.1 Å². The van der Waals surface area contributed by atoms with Gasteiger partial charge in [0.25, 0.3) is 0 Å². The van der Waals surface area contributed by atoms with Crippen molar-refractivity contribution in [2.45, 2.75) is 44.9 Å². The fourth-order valence-corrected chi connectivity index (χ4v) is 2.98. The molecule has 3 N–H and O–H groups in total. The number of unbranched alkanes of at least 4 members (excludes halogenated alkanes) is 1. The number of aryl methyl sites for hydroxylation is 1. The van der Waals surface area contributed by atoms with E-state index in [-0.39, 0.29) is 12.3 Å². The second-order valence-corrected chi connectivity index (χ2v) is 5.84. The summed E-state index contributed by atoms with van der Waals surface area (Å²) in [7, 11) is 0. The lowest BCUT2D eigenvalue weighted by atomic mass is 9.94. The molecule has 0 heterocycles. The highest BCUT2D eigenvalue weighted by atomic mass is 16.5. The Hall–Kier alpha value is -1.55. The Morgan fingerprint density at radius 3 is 2.95 bits per heavy atom. The van der Waals surface area contributed by atoms with E-state index in [0.29, 0.717) is 13.2 Å². The number of rotatable bonds is 7. The third-order valence-electron chi connectivity index (χ3n) is 4.08. The molecule has 0 amide bonds. The van der Waals surface area contributed by atoms with Crippen LogP contribution in [0, 0.1) is 5.92 Å². The van der Waals surface area contributed by atoms with Crippen molar-refractivity contribution in [1.29, 1.82) is 0 Å². The minimum absolute atomic E-state index is 0.247. The Balaban J connectivity index is 1.99. The number of fused-ring (bicyclic) bond motifs is 1. The van der Waals surface area contributed by atoms with Gasteiger partial charge in [-0.1, -0.05) is 6.07 Å². The van der Waals surface area contributed by atoms with E-state index in [0.717, 1.165) is 44.3 Å². The van der Waals surface area contributed by atoms with Crippen molar-refractivity contribution in [2.24, 2.45) is 11.7 Å². The maximum Gasteiger partial charge on any atom is 0.303 e. The second-order valence-electron chi connectivity index (χ2n) is 5.84. The fourth-order valence-electron chi connectivity index (χ4n) is 2.98. The molecule has 2 rings (SSSR count).